The van der Waals surface area contributed by atoms with Gasteiger partial charge in [-0.3, -0.25) is 0 Å². The Kier molecular flexibility index (Phi) is 8.93. The first-order chi connectivity index (χ1) is 32.6. The lowest BCUT2D eigenvalue weighted by Crippen LogP contribution is -2.27. The molecule has 11 aromatic carbocycles. The predicted octanol–water partition coefficient (Wildman–Crippen LogP) is 14.3. The van der Waals surface area contributed by atoms with E-state index in [1.807, 2.05) is 0 Å². The Labute approximate surface area is 393 Å². The topological polar surface area (TPSA) is 17.1 Å². The summed E-state index contributed by atoms with van der Waals surface area (Å²) in [6.45, 7) is 9.56. The molecule has 0 fully saturated rings. The van der Waals surface area contributed by atoms with Crippen LogP contribution in [0, 0.1) is 0 Å². The van der Waals surface area contributed by atoms with Crippen molar-refractivity contribution in [2.75, 3.05) is 0 Å². The van der Waals surface area contributed by atoms with Crippen LogP contribution in [-0.4, -0.2) is 0 Å². The molecule has 0 radical (unpaired) electrons. The van der Waals surface area contributed by atoms with Gasteiger partial charge in [-0.2, -0.15) is 0 Å². The summed E-state index contributed by atoms with van der Waals surface area (Å²) in [5.74, 6) is 0. The molecule has 0 bridgehead atoms. The summed E-state index contributed by atoms with van der Waals surface area (Å²) in [5, 5.41) is 16.2. The van der Waals surface area contributed by atoms with Crippen LogP contribution in [0.2, 0.25) is 0 Å². The summed E-state index contributed by atoms with van der Waals surface area (Å²) in [5.41, 5.74) is 9.89. The third kappa shape index (κ3) is 5.88. The van der Waals surface area contributed by atoms with Gasteiger partial charge in [-0.1, -0.05) is 222 Å². The van der Waals surface area contributed by atoms with Crippen LogP contribution >= 0.6 is 15.1 Å². The number of hydrogen-bond acceptors (Lipinski definition) is 1. The second kappa shape index (κ2) is 14.8. The molecular weight excluding hydrogens is 847 g/mol. The average Bonchev–Trinajstić information content (AvgIpc) is 3.73. The van der Waals surface area contributed by atoms with E-state index in [9.17, 15) is 0 Å². The van der Waals surface area contributed by atoms with Crippen molar-refractivity contribution in [2.24, 2.45) is 0 Å². The van der Waals surface area contributed by atoms with Crippen LogP contribution in [0.25, 0.3) is 65.3 Å². The van der Waals surface area contributed by atoms with Crippen molar-refractivity contribution in [1.82, 2.24) is 0 Å². The Hall–Kier alpha value is -6.88. The Morgan fingerprint density at radius 1 is 0.343 bits per heavy atom. The van der Waals surface area contributed by atoms with Gasteiger partial charge in [0.1, 0.15) is 0 Å². The fraction of sp³-hybridized carbons (Fsp3) is 0.0938. The zero-order chi connectivity index (χ0) is 45.2. The van der Waals surface area contributed by atoms with E-state index in [1.54, 1.807) is 0 Å². The maximum Gasteiger partial charge on any atom is 0.172 e. The van der Waals surface area contributed by atoms with E-state index in [0.717, 1.165) is 37.5 Å². The lowest BCUT2D eigenvalue weighted by atomic mass is 9.79. The van der Waals surface area contributed by atoms with E-state index in [-0.39, 0.29) is 10.8 Å². The number of hydrogen-bond donors (Lipinski definition) is 0. The largest absolute Gasteiger partial charge is 0.309 e. The maximum absolute atomic E-state index is 16.7. The summed E-state index contributed by atoms with van der Waals surface area (Å²) < 4.78 is 16.7. The lowest BCUT2D eigenvalue weighted by Gasteiger charge is -2.26. The molecule has 0 aromatic heterocycles. The fourth-order valence-electron chi connectivity index (χ4n) is 11.9. The second-order valence-corrected chi connectivity index (χ2v) is 24.4. The van der Waals surface area contributed by atoms with Gasteiger partial charge in [-0.05, 0) is 136 Å². The van der Waals surface area contributed by atoms with Gasteiger partial charge in [-0.25, -0.2) is 0 Å². The molecular formula is C64H48OP2. The van der Waals surface area contributed by atoms with Crippen LogP contribution in [0.15, 0.2) is 218 Å². The van der Waals surface area contributed by atoms with Gasteiger partial charge >= 0.3 is 0 Å². The van der Waals surface area contributed by atoms with Crippen LogP contribution in [0.5, 0.6) is 0 Å². The highest BCUT2D eigenvalue weighted by Gasteiger charge is 2.43. The number of rotatable bonds is 6. The smallest absolute Gasteiger partial charge is 0.172 e. The molecule has 0 atom stereocenters. The first-order valence-corrected chi connectivity index (χ1v) is 26.5. The van der Waals surface area contributed by atoms with Crippen molar-refractivity contribution in [3.8, 4) is 22.3 Å². The number of benzene rings is 11. The lowest BCUT2D eigenvalue weighted by molar-refractivity contribution is 0.592. The van der Waals surface area contributed by atoms with Gasteiger partial charge in [0.15, 0.2) is 7.14 Å². The standard InChI is InChI=1S/C64H48OP2/c1-63(2)55-37-45(66(59-29-13-21-41-17-5-9-25-47(41)59)60-30-14-22-42-18-6-10-26-48(42)60)33-35-51(55)53-39-58-54(40-57(53)63)52-36-34-46(38-56(52)64(58,3)4)67(65,61-31-15-23-43-19-7-11-27-49(43)61)62-32-16-24-44-20-8-12-28-50(44)62/h5-40H,1-4H3. The Morgan fingerprint density at radius 2 is 0.716 bits per heavy atom. The highest BCUT2D eigenvalue weighted by Crippen LogP contribution is 2.57. The quantitative estimate of drug-likeness (QED) is 0.152. The molecule has 0 heterocycles. The summed E-state index contributed by atoms with van der Waals surface area (Å²) in [6.07, 6.45) is 0. The van der Waals surface area contributed by atoms with Crippen LogP contribution < -0.4 is 31.8 Å². The molecule has 2 aliphatic rings. The Bertz CT molecular complexity index is 3750. The zero-order valence-electron chi connectivity index (χ0n) is 38.1. The monoisotopic (exact) mass is 894 g/mol. The van der Waals surface area contributed by atoms with Crippen molar-refractivity contribution < 1.29 is 4.57 Å². The molecule has 320 valence electrons. The third-order valence-corrected chi connectivity index (χ3v) is 21.0. The minimum atomic E-state index is -3.41. The summed E-state index contributed by atoms with van der Waals surface area (Å²) in [7, 11) is -4.33. The SMILES string of the molecule is CC1(C)c2cc(P(c3cccc4ccccc34)c3cccc4ccccc34)ccc2-c2cc3c(cc21)-c1ccc(P(=O)(c2cccc4ccccc24)c2cccc4ccccc24)cc1C3(C)C. The summed E-state index contributed by atoms with van der Waals surface area (Å²) in [6, 6.07) is 80.0. The van der Waals surface area contributed by atoms with Gasteiger partial charge in [0.2, 0.25) is 0 Å². The van der Waals surface area contributed by atoms with Crippen molar-refractivity contribution in [3.63, 3.8) is 0 Å². The van der Waals surface area contributed by atoms with Gasteiger partial charge < -0.3 is 4.57 Å². The van der Waals surface area contributed by atoms with Gasteiger partial charge in [0, 0.05) is 26.7 Å². The molecule has 0 unspecified atom stereocenters. The van der Waals surface area contributed by atoms with Crippen molar-refractivity contribution in [2.45, 2.75) is 38.5 Å². The second-order valence-electron chi connectivity index (χ2n) is 19.6. The van der Waals surface area contributed by atoms with Crippen molar-refractivity contribution >= 4 is 90.0 Å². The minimum absolute atomic E-state index is 0.237. The molecule has 3 heteroatoms. The number of fused-ring (bicyclic) bond motifs is 10. The molecule has 0 N–H and O–H groups in total. The van der Waals surface area contributed by atoms with E-state index in [1.165, 1.54) is 82.0 Å². The van der Waals surface area contributed by atoms with Crippen LogP contribution in [0.4, 0.5) is 0 Å². The van der Waals surface area contributed by atoms with Crippen molar-refractivity contribution in [3.05, 3.63) is 241 Å². The third-order valence-electron chi connectivity index (χ3n) is 15.3. The Morgan fingerprint density at radius 3 is 1.21 bits per heavy atom. The maximum atomic E-state index is 16.7. The van der Waals surface area contributed by atoms with Crippen LogP contribution in [-0.2, 0) is 15.4 Å². The fourth-order valence-corrected chi connectivity index (χ4v) is 17.6. The average molecular weight is 895 g/mol. The van der Waals surface area contributed by atoms with Crippen molar-refractivity contribution in [1.29, 1.82) is 0 Å². The Balaban J connectivity index is 0.963. The van der Waals surface area contributed by atoms with Gasteiger partial charge in [-0.15, -0.1) is 0 Å². The van der Waals surface area contributed by atoms with Gasteiger partial charge in [0.25, 0.3) is 0 Å². The highest BCUT2D eigenvalue weighted by atomic mass is 31.2. The summed E-state index contributed by atoms with van der Waals surface area (Å²) >= 11 is 0. The zero-order valence-corrected chi connectivity index (χ0v) is 39.9. The van der Waals surface area contributed by atoms with E-state index >= 15 is 4.57 Å². The first-order valence-electron chi connectivity index (χ1n) is 23.4. The van der Waals surface area contributed by atoms with E-state index in [4.69, 9.17) is 0 Å². The van der Waals surface area contributed by atoms with Gasteiger partial charge in [0.05, 0.1) is 0 Å². The van der Waals surface area contributed by atoms with Crippen LogP contribution in [0.1, 0.15) is 49.9 Å². The molecule has 0 spiro atoms. The van der Waals surface area contributed by atoms with Crippen LogP contribution in [0.3, 0.4) is 0 Å². The summed E-state index contributed by atoms with van der Waals surface area (Å²) in [4.78, 5) is 0. The molecule has 67 heavy (non-hydrogen) atoms. The molecule has 13 rings (SSSR count). The van der Waals surface area contributed by atoms with E-state index < -0.39 is 15.1 Å². The molecule has 0 amide bonds. The molecule has 0 saturated heterocycles. The molecule has 0 aliphatic heterocycles. The van der Waals surface area contributed by atoms with E-state index in [0.29, 0.717) is 0 Å². The molecule has 11 aromatic rings. The highest BCUT2D eigenvalue weighted by molar-refractivity contribution is 7.86. The molecule has 2 aliphatic carbocycles. The first kappa shape index (κ1) is 40.4. The normalized spacial score (nSPS) is 14.4. The van der Waals surface area contributed by atoms with E-state index in [2.05, 4.69) is 246 Å². The predicted molar refractivity (Wildman–Crippen MR) is 290 cm³/mol. The minimum Gasteiger partial charge on any atom is -0.309 e. The molecule has 0 saturated carbocycles. The molecule has 1 nitrogen and oxygen atoms in total.